The Morgan fingerprint density at radius 1 is 1.04 bits per heavy atom. The first-order valence-corrected chi connectivity index (χ1v) is 8.44. The predicted molar refractivity (Wildman–Crippen MR) is 92.2 cm³/mol. The summed E-state index contributed by atoms with van der Waals surface area (Å²) in [4.78, 5) is 0. The average molecular weight is 311 g/mol. The Balaban J connectivity index is 1.58. The van der Waals surface area contributed by atoms with Gasteiger partial charge in [0.2, 0.25) is 0 Å². The van der Waals surface area contributed by atoms with Gasteiger partial charge in [0.05, 0.1) is 0 Å². The molecule has 0 amide bonds. The summed E-state index contributed by atoms with van der Waals surface area (Å²) in [7, 11) is 0. The molecule has 0 saturated heterocycles. The number of hydrogen-bond acceptors (Lipinski definition) is 3. The van der Waals surface area contributed by atoms with Gasteiger partial charge in [0.25, 0.3) is 0 Å². The van der Waals surface area contributed by atoms with E-state index in [1.54, 1.807) is 0 Å². The van der Waals surface area contributed by atoms with Crippen LogP contribution < -0.4 is 10.5 Å². The summed E-state index contributed by atoms with van der Waals surface area (Å²) in [5, 5.41) is 10.4. The zero-order valence-corrected chi connectivity index (χ0v) is 13.4. The summed E-state index contributed by atoms with van der Waals surface area (Å²) in [5.41, 5.74) is 8.90. The molecule has 3 N–H and O–H groups in total. The number of hydrogen-bond donors (Lipinski definition) is 2. The fraction of sp³-hybridized carbons (Fsp3) is 0.400. The molecule has 2 aromatic rings. The largest absolute Gasteiger partial charge is 0.473 e. The van der Waals surface area contributed by atoms with Crippen LogP contribution in [0.5, 0.6) is 5.75 Å². The zero-order chi connectivity index (χ0) is 16.1. The van der Waals surface area contributed by atoms with E-state index in [0.717, 1.165) is 19.3 Å². The molecule has 3 rings (SSSR count). The molecule has 0 heterocycles. The lowest BCUT2D eigenvalue weighted by molar-refractivity contribution is 0.0229. The maximum Gasteiger partial charge on any atom is 0.173 e. The summed E-state index contributed by atoms with van der Waals surface area (Å²) < 4.78 is 5.65. The first-order valence-electron chi connectivity index (χ1n) is 8.44. The molecule has 1 aliphatic rings. The Labute approximate surface area is 138 Å². The number of aliphatic hydroxyl groups excluding tert-OH is 1. The van der Waals surface area contributed by atoms with Crippen molar-refractivity contribution in [2.45, 2.75) is 44.4 Å². The smallest absolute Gasteiger partial charge is 0.173 e. The molecule has 0 bridgehead atoms. The molecule has 2 aromatic carbocycles. The molecule has 0 aliphatic heterocycles. The number of aryl methyl sites for hydroxylation is 1. The molecule has 3 heteroatoms. The quantitative estimate of drug-likeness (QED) is 0.658. The van der Waals surface area contributed by atoms with Gasteiger partial charge >= 0.3 is 0 Å². The van der Waals surface area contributed by atoms with Crippen molar-refractivity contribution in [2.75, 3.05) is 0 Å². The minimum atomic E-state index is -0.684. The van der Waals surface area contributed by atoms with Crippen LogP contribution in [0.25, 0.3) is 0 Å². The summed E-state index contributed by atoms with van der Waals surface area (Å²) in [6.45, 7) is 0. The zero-order valence-electron chi connectivity index (χ0n) is 13.4. The van der Waals surface area contributed by atoms with Crippen molar-refractivity contribution in [3.63, 3.8) is 0 Å². The normalized spacial score (nSPS) is 20.2. The molecule has 1 aliphatic carbocycles. The Kier molecular flexibility index (Phi) is 5.31. The lowest BCUT2D eigenvalue weighted by Gasteiger charge is -2.24. The Bertz CT molecular complexity index is 614. The van der Waals surface area contributed by atoms with E-state index in [-0.39, 0.29) is 0 Å². The van der Waals surface area contributed by atoms with Gasteiger partial charge in [-0.25, -0.2) is 0 Å². The number of fused-ring (bicyclic) bond motifs is 1. The van der Waals surface area contributed by atoms with Crippen LogP contribution in [0.15, 0.2) is 54.6 Å². The van der Waals surface area contributed by atoms with Crippen molar-refractivity contribution in [3.8, 4) is 5.75 Å². The van der Waals surface area contributed by atoms with Crippen LogP contribution in [0.1, 0.15) is 30.4 Å². The van der Waals surface area contributed by atoms with E-state index in [1.807, 2.05) is 30.3 Å². The SMILES string of the molecule is NC(Oc1ccccc1)[C@@H](O)CC1CCCc2ccccc2C1. The first kappa shape index (κ1) is 16.0. The van der Waals surface area contributed by atoms with Crippen molar-refractivity contribution < 1.29 is 9.84 Å². The number of ether oxygens (including phenoxy) is 1. The molecule has 0 spiro atoms. The van der Waals surface area contributed by atoms with Crippen molar-refractivity contribution >= 4 is 0 Å². The number of aliphatic hydroxyl groups is 1. The minimum absolute atomic E-state index is 0.457. The second-order valence-corrected chi connectivity index (χ2v) is 6.43. The third kappa shape index (κ3) is 4.34. The van der Waals surface area contributed by atoms with Crippen LogP contribution in [0.2, 0.25) is 0 Å². The standard InChI is InChI=1S/C20H25NO2/c21-20(23-18-11-2-1-3-12-18)19(22)14-15-7-6-10-16-8-4-5-9-17(16)13-15/h1-5,8-9,11-12,15,19-20,22H,6-7,10,13-14,21H2/t15?,19-,20?/m0/s1. The third-order valence-corrected chi connectivity index (χ3v) is 4.65. The molecule has 23 heavy (non-hydrogen) atoms. The summed E-state index contributed by atoms with van der Waals surface area (Å²) in [6.07, 6.45) is 3.80. The van der Waals surface area contributed by atoms with Gasteiger partial charge in [-0.2, -0.15) is 0 Å². The van der Waals surface area contributed by atoms with E-state index in [0.29, 0.717) is 18.1 Å². The van der Waals surface area contributed by atoms with Crippen LogP contribution >= 0.6 is 0 Å². The lowest BCUT2D eigenvalue weighted by Crippen LogP contribution is -2.41. The van der Waals surface area contributed by atoms with Gasteiger partial charge in [-0.1, -0.05) is 42.5 Å². The van der Waals surface area contributed by atoms with Gasteiger partial charge in [0.1, 0.15) is 11.9 Å². The van der Waals surface area contributed by atoms with Gasteiger partial charge in [0, 0.05) is 0 Å². The molecule has 0 saturated carbocycles. The highest BCUT2D eigenvalue weighted by Gasteiger charge is 2.24. The van der Waals surface area contributed by atoms with E-state index in [1.165, 1.54) is 17.5 Å². The molecular formula is C20H25NO2. The van der Waals surface area contributed by atoms with Crippen LogP contribution in [0, 0.1) is 5.92 Å². The topological polar surface area (TPSA) is 55.5 Å². The molecule has 0 fully saturated rings. The summed E-state index contributed by atoms with van der Waals surface area (Å²) >= 11 is 0. The molecule has 122 valence electrons. The van der Waals surface area contributed by atoms with E-state index in [4.69, 9.17) is 10.5 Å². The predicted octanol–water partition coefficient (Wildman–Crippen LogP) is 3.30. The average Bonchev–Trinajstić information content (AvgIpc) is 2.77. The first-order chi connectivity index (χ1) is 11.2. The van der Waals surface area contributed by atoms with Gasteiger partial charge in [-0.05, 0) is 61.3 Å². The molecular weight excluding hydrogens is 286 g/mol. The Hall–Kier alpha value is -1.84. The highest BCUT2D eigenvalue weighted by molar-refractivity contribution is 5.28. The monoisotopic (exact) mass is 311 g/mol. The second-order valence-electron chi connectivity index (χ2n) is 6.43. The van der Waals surface area contributed by atoms with Gasteiger partial charge < -0.3 is 9.84 Å². The highest BCUT2D eigenvalue weighted by Crippen LogP contribution is 2.28. The van der Waals surface area contributed by atoms with Crippen LogP contribution in [-0.4, -0.2) is 17.4 Å². The van der Waals surface area contributed by atoms with Crippen LogP contribution in [-0.2, 0) is 12.8 Å². The number of benzene rings is 2. The minimum Gasteiger partial charge on any atom is -0.473 e. The van der Waals surface area contributed by atoms with Crippen molar-refractivity contribution in [3.05, 3.63) is 65.7 Å². The van der Waals surface area contributed by atoms with E-state index in [9.17, 15) is 5.11 Å². The van der Waals surface area contributed by atoms with Crippen LogP contribution in [0.3, 0.4) is 0 Å². The molecule has 3 atom stereocenters. The molecule has 3 nitrogen and oxygen atoms in total. The third-order valence-electron chi connectivity index (χ3n) is 4.65. The Morgan fingerprint density at radius 3 is 2.52 bits per heavy atom. The lowest BCUT2D eigenvalue weighted by atomic mass is 9.91. The maximum atomic E-state index is 10.4. The summed E-state index contributed by atoms with van der Waals surface area (Å²) in [5.74, 6) is 1.16. The van der Waals surface area contributed by atoms with E-state index < -0.39 is 12.3 Å². The maximum absolute atomic E-state index is 10.4. The number of nitrogens with two attached hydrogens (primary N) is 1. The van der Waals surface area contributed by atoms with Crippen LogP contribution in [0.4, 0.5) is 0 Å². The van der Waals surface area contributed by atoms with Crippen molar-refractivity contribution in [1.82, 2.24) is 0 Å². The molecule has 2 unspecified atom stereocenters. The Morgan fingerprint density at radius 2 is 1.74 bits per heavy atom. The fourth-order valence-corrected chi connectivity index (χ4v) is 3.41. The van der Waals surface area contributed by atoms with Gasteiger partial charge in [0.15, 0.2) is 6.23 Å². The number of rotatable bonds is 5. The van der Waals surface area contributed by atoms with Crippen molar-refractivity contribution in [2.24, 2.45) is 11.7 Å². The number of para-hydroxylation sites is 1. The van der Waals surface area contributed by atoms with Gasteiger partial charge in [-0.15, -0.1) is 0 Å². The van der Waals surface area contributed by atoms with Gasteiger partial charge in [-0.3, -0.25) is 5.73 Å². The van der Waals surface area contributed by atoms with E-state index in [2.05, 4.69) is 24.3 Å². The highest BCUT2D eigenvalue weighted by atomic mass is 16.5. The molecule has 0 radical (unpaired) electrons. The second kappa shape index (κ2) is 7.62. The van der Waals surface area contributed by atoms with E-state index >= 15 is 0 Å². The summed E-state index contributed by atoms with van der Waals surface area (Å²) in [6, 6.07) is 18.1. The van der Waals surface area contributed by atoms with Crippen molar-refractivity contribution in [1.29, 1.82) is 0 Å². The fourth-order valence-electron chi connectivity index (χ4n) is 3.41. The molecule has 0 aromatic heterocycles.